The van der Waals surface area contributed by atoms with Gasteiger partial charge in [0, 0.05) is 11.6 Å². The Morgan fingerprint density at radius 3 is 2.74 bits per heavy atom. The fourth-order valence-electron chi connectivity index (χ4n) is 2.34. The number of nitrogens with zero attached hydrogens (tertiary/aromatic N) is 1. The van der Waals surface area contributed by atoms with Gasteiger partial charge in [-0.1, -0.05) is 32.9 Å². The molecule has 1 heterocycles. The van der Waals surface area contributed by atoms with Crippen molar-refractivity contribution in [2.24, 2.45) is 11.8 Å². The molecule has 1 unspecified atom stereocenters. The number of aromatic nitrogens is 1. The monoisotopic (exact) mass is 256 g/mol. The van der Waals surface area contributed by atoms with Crippen LogP contribution in [0.5, 0.6) is 0 Å². The average Bonchev–Trinajstić information content (AvgIpc) is 2.38. The molecule has 0 bridgehead atoms. The zero-order valence-electron chi connectivity index (χ0n) is 12.2. The third kappa shape index (κ3) is 4.32. The molecular formula is C17H24N2. The van der Waals surface area contributed by atoms with Crippen LogP contribution in [0.4, 0.5) is 0 Å². The number of fused-ring (bicyclic) bond motifs is 1. The molecule has 0 aliphatic heterocycles. The lowest BCUT2D eigenvalue weighted by atomic mass is 9.99. The van der Waals surface area contributed by atoms with E-state index in [9.17, 15) is 0 Å². The molecule has 0 saturated heterocycles. The molecule has 1 aromatic heterocycles. The number of benzene rings is 1. The van der Waals surface area contributed by atoms with Crippen LogP contribution in [0.1, 0.15) is 26.3 Å². The minimum atomic E-state index is 0.660. The normalized spacial score (nSPS) is 13.1. The Morgan fingerprint density at radius 1 is 1.11 bits per heavy atom. The summed E-state index contributed by atoms with van der Waals surface area (Å²) in [6, 6.07) is 10.7. The van der Waals surface area contributed by atoms with Crippen molar-refractivity contribution in [3.05, 3.63) is 42.1 Å². The summed E-state index contributed by atoms with van der Waals surface area (Å²) in [5, 5.41) is 4.77. The summed E-state index contributed by atoms with van der Waals surface area (Å²) < 4.78 is 0. The van der Waals surface area contributed by atoms with E-state index < -0.39 is 0 Å². The summed E-state index contributed by atoms with van der Waals surface area (Å²) in [5.74, 6) is 1.38. The second-order valence-corrected chi connectivity index (χ2v) is 5.89. The predicted molar refractivity (Wildman–Crippen MR) is 82.3 cm³/mol. The van der Waals surface area contributed by atoms with E-state index in [0.717, 1.165) is 30.9 Å². The Bertz CT molecular complexity index is 519. The Hall–Kier alpha value is -1.41. The maximum atomic E-state index is 4.36. The summed E-state index contributed by atoms with van der Waals surface area (Å²) in [5.41, 5.74) is 2.48. The van der Waals surface area contributed by atoms with Gasteiger partial charge in [0.2, 0.25) is 0 Å². The van der Waals surface area contributed by atoms with Crippen LogP contribution in [0.15, 0.2) is 36.5 Å². The van der Waals surface area contributed by atoms with Crippen LogP contribution < -0.4 is 5.32 Å². The van der Waals surface area contributed by atoms with Crippen molar-refractivity contribution in [2.75, 3.05) is 13.1 Å². The minimum Gasteiger partial charge on any atom is -0.316 e. The summed E-state index contributed by atoms with van der Waals surface area (Å²) >= 11 is 0. The van der Waals surface area contributed by atoms with Crippen LogP contribution in [0.3, 0.4) is 0 Å². The van der Waals surface area contributed by atoms with Crippen LogP contribution in [0.2, 0.25) is 0 Å². The third-order valence-corrected chi connectivity index (χ3v) is 3.30. The van der Waals surface area contributed by atoms with Crippen molar-refractivity contribution in [3.63, 3.8) is 0 Å². The van der Waals surface area contributed by atoms with Gasteiger partial charge in [-0.15, -0.1) is 0 Å². The van der Waals surface area contributed by atoms with Gasteiger partial charge >= 0.3 is 0 Å². The van der Waals surface area contributed by atoms with E-state index in [0.29, 0.717) is 5.92 Å². The van der Waals surface area contributed by atoms with Crippen molar-refractivity contribution in [1.82, 2.24) is 10.3 Å². The lowest BCUT2D eigenvalue weighted by Crippen LogP contribution is -2.26. The van der Waals surface area contributed by atoms with Crippen molar-refractivity contribution in [1.29, 1.82) is 0 Å². The molecule has 2 nitrogen and oxygen atoms in total. The highest BCUT2D eigenvalue weighted by atomic mass is 14.9. The standard InChI is InChI=1S/C17H24N2/c1-13(2)11-18-12-14(3)9-15-6-7-17-16(10-15)5-4-8-19-17/h4-8,10,13-14,18H,9,11-12H2,1-3H3. The summed E-state index contributed by atoms with van der Waals surface area (Å²) in [7, 11) is 0. The molecule has 19 heavy (non-hydrogen) atoms. The number of hydrogen-bond acceptors (Lipinski definition) is 2. The molecule has 0 amide bonds. The smallest absolute Gasteiger partial charge is 0.0702 e. The van der Waals surface area contributed by atoms with Crippen molar-refractivity contribution < 1.29 is 0 Å². The van der Waals surface area contributed by atoms with Gasteiger partial charge in [-0.25, -0.2) is 0 Å². The largest absolute Gasteiger partial charge is 0.316 e. The Balaban J connectivity index is 1.93. The topological polar surface area (TPSA) is 24.9 Å². The first kappa shape index (κ1) is 14.0. The lowest BCUT2D eigenvalue weighted by molar-refractivity contribution is 0.473. The summed E-state index contributed by atoms with van der Waals surface area (Å²) in [6.07, 6.45) is 2.97. The van der Waals surface area contributed by atoms with E-state index in [1.165, 1.54) is 10.9 Å². The SMILES string of the molecule is CC(C)CNCC(C)Cc1ccc2ncccc2c1. The fraction of sp³-hybridized carbons (Fsp3) is 0.471. The molecule has 1 N–H and O–H groups in total. The van der Waals surface area contributed by atoms with E-state index in [2.05, 4.69) is 55.3 Å². The van der Waals surface area contributed by atoms with E-state index >= 15 is 0 Å². The summed E-state index contributed by atoms with van der Waals surface area (Å²) in [6.45, 7) is 8.98. The maximum Gasteiger partial charge on any atom is 0.0702 e. The molecule has 2 aromatic rings. The Kier molecular flexibility index (Phi) is 4.92. The predicted octanol–water partition coefficient (Wildman–Crippen LogP) is 3.66. The van der Waals surface area contributed by atoms with Gasteiger partial charge in [-0.05, 0) is 55.1 Å². The van der Waals surface area contributed by atoms with Gasteiger partial charge in [0.25, 0.3) is 0 Å². The second-order valence-electron chi connectivity index (χ2n) is 5.89. The highest BCUT2D eigenvalue weighted by Gasteiger charge is 2.05. The zero-order chi connectivity index (χ0) is 13.7. The highest BCUT2D eigenvalue weighted by Crippen LogP contribution is 2.16. The number of rotatable bonds is 6. The van der Waals surface area contributed by atoms with E-state index in [4.69, 9.17) is 0 Å². The number of pyridine rings is 1. The first-order valence-corrected chi connectivity index (χ1v) is 7.19. The quantitative estimate of drug-likeness (QED) is 0.853. The first-order chi connectivity index (χ1) is 9.15. The van der Waals surface area contributed by atoms with Gasteiger partial charge < -0.3 is 5.32 Å². The molecular weight excluding hydrogens is 232 g/mol. The van der Waals surface area contributed by atoms with Crippen molar-refractivity contribution in [2.45, 2.75) is 27.2 Å². The van der Waals surface area contributed by atoms with Crippen LogP contribution >= 0.6 is 0 Å². The molecule has 2 rings (SSSR count). The third-order valence-electron chi connectivity index (χ3n) is 3.30. The van der Waals surface area contributed by atoms with Gasteiger partial charge in [-0.3, -0.25) is 4.98 Å². The summed E-state index contributed by atoms with van der Waals surface area (Å²) in [4.78, 5) is 4.36. The van der Waals surface area contributed by atoms with E-state index in [1.807, 2.05) is 12.3 Å². The first-order valence-electron chi connectivity index (χ1n) is 7.19. The van der Waals surface area contributed by atoms with Crippen molar-refractivity contribution in [3.8, 4) is 0 Å². The molecule has 0 fully saturated rings. The second kappa shape index (κ2) is 6.67. The van der Waals surface area contributed by atoms with Crippen molar-refractivity contribution >= 4 is 10.9 Å². The average molecular weight is 256 g/mol. The maximum absolute atomic E-state index is 4.36. The molecule has 0 spiro atoms. The Morgan fingerprint density at radius 2 is 1.95 bits per heavy atom. The highest BCUT2D eigenvalue weighted by molar-refractivity contribution is 5.78. The molecule has 1 atom stereocenters. The number of nitrogens with one attached hydrogen (secondary N) is 1. The van der Waals surface area contributed by atoms with Gasteiger partial charge in [-0.2, -0.15) is 0 Å². The van der Waals surface area contributed by atoms with Crippen LogP contribution in [0.25, 0.3) is 10.9 Å². The molecule has 0 radical (unpaired) electrons. The lowest BCUT2D eigenvalue weighted by Gasteiger charge is -2.14. The molecule has 0 aliphatic carbocycles. The molecule has 0 aliphatic rings. The van der Waals surface area contributed by atoms with E-state index in [1.54, 1.807) is 0 Å². The molecule has 102 valence electrons. The van der Waals surface area contributed by atoms with Crippen LogP contribution in [0, 0.1) is 11.8 Å². The molecule has 1 aromatic carbocycles. The number of hydrogen-bond donors (Lipinski definition) is 1. The van der Waals surface area contributed by atoms with Crippen LogP contribution in [-0.2, 0) is 6.42 Å². The van der Waals surface area contributed by atoms with Crippen LogP contribution in [-0.4, -0.2) is 18.1 Å². The van der Waals surface area contributed by atoms with Gasteiger partial charge in [0.05, 0.1) is 5.52 Å². The van der Waals surface area contributed by atoms with Gasteiger partial charge in [0.15, 0.2) is 0 Å². The zero-order valence-corrected chi connectivity index (χ0v) is 12.2. The van der Waals surface area contributed by atoms with Gasteiger partial charge in [0.1, 0.15) is 0 Å². The molecule has 2 heteroatoms. The van der Waals surface area contributed by atoms with E-state index in [-0.39, 0.29) is 0 Å². The minimum absolute atomic E-state index is 0.660. The Labute approximate surface area is 116 Å². The fourth-order valence-corrected chi connectivity index (χ4v) is 2.34. The molecule has 0 saturated carbocycles.